The standard InChI is InChI=1S/C18H24BrNO4/c1-11-5-4-6-16(12(11)2)20-17(21)10-24-18(22)14-9-13(23-3)7-8-15(14)19/h7-9,11-12,16H,4-6,10H2,1-3H3,(H,20,21)/t11-,12-,16+/m0/s1. The van der Waals surface area contributed by atoms with Crippen molar-refractivity contribution in [1.82, 2.24) is 5.32 Å². The summed E-state index contributed by atoms with van der Waals surface area (Å²) in [6, 6.07) is 5.18. The molecular weight excluding hydrogens is 374 g/mol. The molecule has 2 rings (SSSR count). The molecule has 0 unspecified atom stereocenters. The number of hydrogen-bond donors (Lipinski definition) is 1. The van der Waals surface area contributed by atoms with Gasteiger partial charge in [-0.1, -0.05) is 26.7 Å². The van der Waals surface area contributed by atoms with Gasteiger partial charge in [-0.2, -0.15) is 0 Å². The smallest absolute Gasteiger partial charge is 0.339 e. The van der Waals surface area contributed by atoms with Crippen LogP contribution in [0.4, 0.5) is 0 Å². The monoisotopic (exact) mass is 397 g/mol. The molecule has 1 aliphatic rings. The molecule has 1 saturated carbocycles. The third kappa shape index (κ3) is 4.72. The minimum Gasteiger partial charge on any atom is -0.497 e. The van der Waals surface area contributed by atoms with Gasteiger partial charge in [0.2, 0.25) is 0 Å². The molecule has 1 N–H and O–H groups in total. The Balaban J connectivity index is 1.88. The molecule has 1 aliphatic carbocycles. The molecule has 0 radical (unpaired) electrons. The van der Waals surface area contributed by atoms with Crippen LogP contribution in [-0.2, 0) is 9.53 Å². The quantitative estimate of drug-likeness (QED) is 0.771. The van der Waals surface area contributed by atoms with E-state index in [0.717, 1.165) is 12.8 Å². The largest absolute Gasteiger partial charge is 0.497 e. The number of benzene rings is 1. The van der Waals surface area contributed by atoms with E-state index in [2.05, 4.69) is 35.1 Å². The van der Waals surface area contributed by atoms with E-state index in [1.807, 2.05) is 0 Å². The molecule has 1 amide bonds. The first-order chi connectivity index (χ1) is 11.4. The summed E-state index contributed by atoms with van der Waals surface area (Å²) in [5, 5.41) is 2.99. The lowest BCUT2D eigenvalue weighted by atomic mass is 9.78. The molecule has 132 valence electrons. The van der Waals surface area contributed by atoms with E-state index >= 15 is 0 Å². The predicted octanol–water partition coefficient (Wildman–Crippen LogP) is 3.56. The van der Waals surface area contributed by atoms with Crippen LogP contribution in [-0.4, -0.2) is 31.6 Å². The van der Waals surface area contributed by atoms with Gasteiger partial charge in [-0.25, -0.2) is 4.79 Å². The third-order valence-corrected chi connectivity index (χ3v) is 5.47. The maximum Gasteiger partial charge on any atom is 0.339 e. The SMILES string of the molecule is COc1ccc(Br)c(C(=O)OCC(=O)N[C@@H]2CCC[C@H](C)[C@@H]2C)c1. The fourth-order valence-electron chi connectivity index (χ4n) is 3.03. The van der Waals surface area contributed by atoms with Crippen LogP contribution in [0.1, 0.15) is 43.5 Å². The van der Waals surface area contributed by atoms with E-state index in [9.17, 15) is 9.59 Å². The number of methoxy groups -OCH3 is 1. The van der Waals surface area contributed by atoms with Gasteiger partial charge in [-0.15, -0.1) is 0 Å². The van der Waals surface area contributed by atoms with Gasteiger partial charge in [0.05, 0.1) is 12.7 Å². The average molecular weight is 398 g/mol. The van der Waals surface area contributed by atoms with Crippen molar-refractivity contribution in [3.05, 3.63) is 28.2 Å². The van der Waals surface area contributed by atoms with E-state index in [0.29, 0.717) is 27.6 Å². The second-order valence-electron chi connectivity index (χ2n) is 6.36. The van der Waals surface area contributed by atoms with Crippen molar-refractivity contribution in [2.24, 2.45) is 11.8 Å². The van der Waals surface area contributed by atoms with Crippen LogP contribution >= 0.6 is 15.9 Å². The summed E-state index contributed by atoms with van der Waals surface area (Å²) < 4.78 is 10.8. The molecule has 0 spiro atoms. The molecule has 0 aliphatic heterocycles. The van der Waals surface area contributed by atoms with Crippen LogP contribution in [0.3, 0.4) is 0 Å². The van der Waals surface area contributed by atoms with Crippen LogP contribution < -0.4 is 10.1 Å². The van der Waals surface area contributed by atoms with Gasteiger partial charge in [0.25, 0.3) is 5.91 Å². The van der Waals surface area contributed by atoms with Gasteiger partial charge in [-0.05, 0) is 52.4 Å². The highest BCUT2D eigenvalue weighted by atomic mass is 79.9. The number of carbonyl (C=O) groups excluding carboxylic acids is 2. The van der Waals surface area contributed by atoms with E-state index in [1.165, 1.54) is 13.5 Å². The molecule has 1 fully saturated rings. The van der Waals surface area contributed by atoms with Crippen LogP contribution in [0.2, 0.25) is 0 Å². The molecule has 1 aromatic rings. The summed E-state index contributed by atoms with van der Waals surface area (Å²) in [6.07, 6.45) is 3.30. The summed E-state index contributed by atoms with van der Waals surface area (Å²) in [5.74, 6) is 0.777. The highest BCUT2D eigenvalue weighted by Crippen LogP contribution is 2.29. The van der Waals surface area contributed by atoms with Crippen molar-refractivity contribution in [3.8, 4) is 5.75 Å². The highest BCUT2D eigenvalue weighted by molar-refractivity contribution is 9.10. The summed E-state index contributed by atoms with van der Waals surface area (Å²) >= 11 is 3.30. The second-order valence-corrected chi connectivity index (χ2v) is 7.22. The topological polar surface area (TPSA) is 64.6 Å². The number of amides is 1. The Morgan fingerprint density at radius 2 is 2.04 bits per heavy atom. The Kier molecular flexibility index (Phi) is 6.66. The number of halogens is 1. The first-order valence-electron chi connectivity index (χ1n) is 8.22. The van der Waals surface area contributed by atoms with E-state index in [4.69, 9.17) is 9.47 Å². The normalized spacial score (nSPS) is 23.4. The van der Waals surface area contributed by atoms with E-state index < -0.39 is 5.97 Å². The van der Waals surface area contributed by atoms with Gasteiger partial charge >= 0.3 is 5.97 Å². The Bertz CT molecular complexity index is 605. The maximum absolute atomic E-state index is 12.2. The fourth-order valence-corrected chi connectivity index (χ4v) is 3.44. The third-order valence-electron chi connectivity index (χ3n) is 4.78. The van der Waals surface area contributed by atoms with Crippen molar-refractivity contribution in [1.29, 1.82) is 0 Å². The molecule has 6 heteroatoms. The molecule has 3 atom stereocenters. The Labute approximate surface area is 151 Å². The van der Waals surface area contributed by atoms with Crippen molar-refractivity contribution in [2.45, 2.75) is 39.2 Å². The Morgan fingerprint density at radius 3 is 2.75 bits per heavy atom. The zero-order valence-corrected chi connectivity index (χ0v) is 15.9. The van der Waals surface area contributed by atoms with Crippen molar-refractivity contribution >= 4 is 27.8 Å². The second kappa shape index (κ2) is 8.51. The lowest BCUT2D eigenvalue weighted by Gasteiger charge is -2.34. The van der Waals surface area contributed by atoms with Crippen LogP contribution in [0.5, 0.6) is 5.75 Å². The zero-order valence-electron chi connectivity index (χ0n) is 14.3. The fraction of sp³-hybridized carbons (Fsp3) is 0.556. The first kappa shape index (κ1) is 18.8. The predicted molar refractivity (Wildman–Crippen MR) is 95.1 cm³/mol. The Morgan fingerprint density at radius 1 is 1.29 bits per heavy atom. The molecule has 0 aromatic heterocycles. The summed E-state index contributed by atoms with van der Waals surface area (Å²) in [5.41, 5.74) is 0.335. The van der Waals surface area contributed by atoms with Crippen molar-refractivity contribution in [2.75, 3.05) is 13.7 Å². The minimum atomic E-state index is -0.555. The maximum atomic E-state index is 12.2. The number of esters is 1. The molecule has 0 heterocycles. The zero-order chi connectivity index (χ0) is 17.7. The molecule has 5 nitrogen and oxygen atoms in total. The Hall–Kier alpha value is -1.56. The molecule has 24 heavy (non-hydrogen) atoms. The van der Waals surface area contributed by atoms with Gasteiger partial charge in [0, 0.05) is 10.5 Å². The van der Waals surface area contributed by atoms with Crippen molar-refractivity contribution in [3.63, 3.8) is 0 Å². The average Bonchev–Trinajstić information content (AvgIpc) is 2.57. The number of nitrogens with one attached hydrogen (secondary N) is 1. The minimum absolute atomic E-state index is 0.156. The highest BCUT2D eigenvalue weighted by Gasteiger charge is 2.28. The van der Waals surface area contributed by atoms with Gasteiger partial charge in [0.1, 0.15) is 5.75 Å². The summed E-state index contributed by atoms with van der Waals surface area (Å²) in [7, 11) is 1.53. The lowest BCUT2D eigenvalue weighted by molar-refractivity contribution is -0.125. The summed E-state index contributed by atoms with van der Waals surface area (Å²) in [6.45, 7) is 4.09. The van der Waals surface area contributed by atoms with Crippen LogP contribution in [0, 0.1) is 11.8 Å². The van der Waals surface area contributed by atoms with Crippen LogP contribution in [0.15, 0.2) is 22.7 Å². The first-order valence-corrected chi connectivity index (χ1v) is 9.01. The molecule has 1 aromatic carbocycles. The number of carbonyl (C=O) groups is 2. The number of hydrogen-bond acceptors (Lipinski definition) is 4. The summed E-state index contributed by atoms with van der Waals surface area (Å²) in [4.78, 5) is 24.2. The molecule has 0 saturated heterocycles. The number of ether oxygens (including phenoxy) is 2. The molecule has 0 bridgehead atoms. The van der Waals surface area contributed by atoms with Crippen molar-refractivity contribution < 1.29 is 19.1 Å². The van der Waals surface area contributed by atoms with Gasteiger partial charge < -0.3 is 14.8 Å². The lowest BCUT2D eigenvalue weighted by Crippen LogP contribution is -2.45. The van der Waals surface area contributed by atoms with E-state index in [1.54, 1.807) is 18.2 Å². The van der Waals surface area contributed by atoms with E-state index in [-0.39, 0.29) is 18.6 Å². The van der Waals surface area contributed by atoms with Gasteiger partial charge in [-0.3, -0.25) is 4.79 Å². The van der Waals surface area contributed by atoms with Gasteiger partial charge in [0.15, 0.2) is 6.61 Å². The number of rotatable bonds is 5. The molecular formula is C18H24BrNO4. The van der Waals surface area contributed by atoms with Crippen LogP contribution in [0.25, 0.3) is 0 Å².